The van der Waals surface area contributed by atoms with Crippen molar-refractivity contribution in [3.05, 3.63) is 58.6 Å². The maximum atomic E-state index is 12.5. The lowest BCUT2D eigenvalue weighted by Crippen LogP contribution is -2.29. The zero-order valence-corrected chi connectivity index (χ0v) is 17.2. The Morgan fingerprint density at radius 3 is 2.44 bits per heavy atom. The fourth-order valence-electron chi connectivity index (χ4n) is 2.23. The highest BCUT2D eigenvalue weighted by molar-refractivity contribution is 9.10. The Bertz CT molecular complexity index is 929. The fourth-order valence-corrected chi connectivity index (χ4v) is 3.54. The minimum Gasteiger partial charge on any atom is -0.469 e. The number of benzene rings is 2. The molecule has 0 aliphatic carbocycles. The molecule has 144 valence electrons. The van der Waals surface area contributed by atoms with Gasteiger partial charge in [-0.1, -0.05) is 22.0 Å². The summed E-state index contributed by atoms with van der Waals surface area (Å²) < 4.78 is 32.7. The fraction of sp³-hybridized carbons (Fsp3) is 0.222. The molecule has 1 amide bonds. The van der Waals surface area contributed by atoms with E-state index in [0.717, 1.165) is 4.47 Å². The smallest absolute Gasteiger partial charge is 0.307 e. The topological polar surface area (TPSA) is 92.8 Å². The van der Waals surface area contributed by atoms with Crippen molar-refractivity contribution >= 4 is 43.5 Å². The number of carbonyl (C=O) groups is 2. The van der Waals surface area contributed by atoms with Crippen molar-refractivity contribution in [2.45, 2.75) is 11.3 Å². The zero-order valence-electron chi connectivity index (χ0n) is 14.8. The van der Waals surface area contributed by atoms with E-state index in [0.29, 0.717) is 5.56 Å². The average Bonchev–Trinajstić information content (AvgIpc) is 2.65. The standard InChI is InChI=1S/C18H19BrN2O5S/c1-21(11-10-17(22)26-2)18(23)13-4-3-5-15(12-13)20-27(24,25)16-8-6-14(19)7-9-16/h3-9,12,20H,10-11H2,1-2H3. The van der Waals surface area contributed by atoms with Gasteiger partial charge >= 0.3 is 5.97 Å². The molecule has 27 heavy (non-hydrogen) atoms. The van der Waals surface area contributed by atoms with Gasteiger partial charge in [0.1, 0.15) is 0 Å². The van der Waals surface area contributed by atoms with Crippen LogP contribution in [0.1, 0.15) is 16.8 Å². The van der Waals surface area contributed by atoms with Gasteiger partial charge in [-0.25, -0.2) is 8.42 Å². The van der Waals surface area contributed by atoms with Crippen LogP contribution >= 0.6 is 15.9 Å². The molecule has 0 radical (unpaired) electrons. The van der Waals surface area contributed by atoms with Crippen LogP contribution in [0, 0.1) is 0 Å². The predicted molar refractivity (Wildman–Crippen MR) is 105 cm³/mol. The summed E-state index contributed by atoms with van der Waals surface area (Å²) in [6, 6.07) is 12.4. The Balaban J connectivity index is 2.13. The van der Waals surface area contributed by atoms with Crippen molar-refractivity contribution in [3.63, 3.8) is 0 Å². The number of hydrogen-bond acceptors (Lipinski definition) is 5. The van der Waals surface area contributed by atoms with Gasteiger partial charge in [-0.2, -0.15) is 0 Å². The first-order valence-electron chi connectivity index (χ1n) is 7.93. The van der Waals surface area contributed by atoms with Gasteiger partial charge in [0.05, 0.1) is 18.4 Å². The number of amides is 1. The Morgan fingerprint density at radius 2 is 1.81 bits per heavy atom. The van der Waals surface area contributed by atoms with Crippen LogP contribution in [0.15, 0.2) is 57.9 Å². The summed E-state index contributed by atoms with van der Waals surface area (Å²) in [6.07, 6.45) is 0.0780. The second-order valence-electron chi connectivity index (χ2n) is 5.69. The van der Waals surface area contributed by atoms with Crippen LogP contribution < -0.4 is 4.72 Å². The Kier molecular flexibility index (Phi) is 6.98. The number of nitrogens with one attached hydrogen (secondary N) is 1. The van der Waals surface area contributed by atoms with Crippen LogP contribution in [0.25, 0.3) is 0 Å². The van der Waals surface area contributed by atoms with E-state index < -0.39 is 16.0 Å². The lowest BCUT2D eigenvalue weighted by Gasteiger charge is -2.17. The maximum Gasteiger partial charge on any atom is 0.307 e. The first kappa shape index (κ1) is 20.9. The van der Waals surface area contributed by atoms with Gasteiger partial charge in [0, 0.05) is 29.3 Å². The summed E-state index contributed by atoms with van der Waals surface area (Å²) in [5.41, 5.74) is 0.573. The highest BCUT2D eigenvalue weighted by Crippen LogP contribution is 2.20. The van der Waals surface area contributed by atoms with Gasteiger partial charge in [0.25, 0.3) is 15.9 Å². The average molecular weight is 455 g/mol. The summed E-state index contributed by atoms with van der Waals surface area (Å²) in [5, 5.41) is 0. The molecule has 7 nitrogen and oxygen atoms in total. The first-order chi connectivity index (χ1) is 12.7. The molecular weight excluding hydrogens is 436 g/mol. The molecule has 0 spiro atoms. The largest absolute Gasteiger partial charge is 0.469 e. The summed E-state index contributed by atoms with van der Waals surface area (Å²) in [5.74, 6) is -0.741. The molecular formula is C18H19BrN2O5S. The summed E-state index contributed by atoms with van der Waals surface area (Å²) in [4.78, 5) is 25.1. The van der Waals surface area contributed by atoms with E-state index >= 15 is 0 Å². The molecule has 0 saturated carbocycles. The number of rotatable bonds is 7. The molecule has 0 aromatic heterocycles. The molecule has 1 N–H and O–H groups in total. The molecule has 2 aromatic carbocycles. The molecule has 2 aromatic rings. The van der Waals surface area contributed by atoms with Crippen LogP contribution in [0.2, 0.25) is 0 Å². The molecule has 9 heteroatoms. The summed E-state index contributed by atoms with van der Waals surface area (Å²) in [7, 11) is -0.932. The molecule has 0 unspecified atom stereocenters. The van der Waals surface area contributed by atoms with Crippen molar-refractivity contribution in [1.29, 1.82) is 0 Å². The number of esters is 1. The van der Waals surface area contributed by atoms with E-state index in [2.05, 4.69) is 25.4 Å². The van der Waals surface area contributed by atoms with E-state index in [1.54, 1.807) is 37.4 Å². The molecule has 0 bridgehead atoms. The minimum atomic E-state index is -3.77. The molecule has 2 rings (SSSR count). The lowest BCUT2D eigenvalue weighted by atomic mass is 10.2. The molecule has 0 saturated heterocycles. The lowest BCUT2D eigenvalue weighted by molar-refractivity contribution is -0.140. The first-order valence-corrected chi connectivity index (χ1v) is 10.2. The van der Waals surface area contributed by atoms with Gasteiger partial charge in [-0.05, 0) is 42.5 Å². The second kappa shape index (κ2) is 9.01. The molecule has 0 atom stereocenters. The zero-order chi connectivity index (χ0) is 20.0. The number of sulfonamides is 1. The van der Waals surface area contributed by atoms with Crippen molar-refractivity contribution in [2.75, 3.05) is 25.4 Å². The van der Waals surface area contributed by atoms with E-state index in [4.69, 9.17) is 0 Å². The molecule has 0 aliphatic rings. The van der Waals surface area contributed by atoms with Crippen molar-refractivity contribution < 1.29 is 22.7 Å². The Morgan fingerprint density at radius 1 is 1.15 bits per heavy atom. The van der Waals surface area contributed by atoms with Gasteiger partial charge in [-0.3, -0.25) is 14.3 Å². The van der Waals surface area contributed by atoms with Crippen LogP contribution in [-0.2, 0) is 19.6 Å². The quantitative estimate of drug-likeness (QED) is 0.649. The van der Waals surface area contributed by atoms with Gasteiger partial charge in [0.2, 0.25) is 0 Å². The number of nitrogens with zero attached hydrogens (tertiary/aromatic N) is 1. The third-order valence-corrected chi connectivity index (χ3v) is 5.64. The van der Waals surface area contributed by atoms with E-state index in [9.17, 15) is 18.0 Å². The van der Waals surface area contributed by atoms with Crippen LogP contribution in [0.5, 0.6) is 0 Å². The monoisotopic (exact) mass is 454 g/mol. The summed E-state index contributed by atoms with van der Waals surface area (Å²) >= 11 is 3.26. The third kappa shape index (κ3) is 5.80. The van der Waals surface area contributed by atoms with E-state index in [1.807, 2.05) is 0 Å². The number of halogens is 1. The van der Waals surface area contributed by atoms with Crippen molar-refractivity contribution in [2.24, 2.45) is 0 Å². The van der Waals surface area contributed by atoms with Crippen LogP contribution in [-0.4, -0.2) is 45.9 Å². The van der Waals surface area contributed by atoms with Crippen LogP contribution in [0.4, 0.5) is 5.69 Å². The Labute approximate surface area is 166 Å². The highest BCUT2D eigenvalue weighted by atomic mass is 79.9. The normalized spacial score (nSPS) is 10.9. The van der Waals surface area contributed by atoms with E-state index in [-0.39, 0.29) is 29.5 Å². The predicted octanol–water partition coefficient (Wildman–Crippen LogP) is 2.89. The maximum absolute atomic E-state index is 12.5. The second-order valence-corrected chi connectivity index (χ2v) is 8.29. The number of anilines is 1. The van der Waals surface area contributed by atoms with Gasteiger partial charge in [0.15, 0.2) is 0 Å². The molecule has 0 aliphatic heterocycles. The van der Waals surface area contributed by atoms with Crippen molar-refractivity contribution in [3.8, 4) is 0 Å². The minimum absolute atomic E-state index is 0.0780. The van der Waals surface area contributed by atoms with Gasteiger partial charge < -0.3 is 9.64 Å². The molecule has 0 fully saturated rings. The summed E-state index contributed by atoms with van der Waals surface area (Å²) in [6.45, 7) is 0.195. The number of ether oxygens (including phenoxy) is 1. The highest BCUT2D eigenvalue weighted by Gasteiger charge is 2.17. The van der Waals surface area contributed by atoms with Crippen LogP contribution in [0.3, 0.4) is 0 Å². The SMILES string of the molecule is COC(=O)CCN(C)C(=O)c1cccc(NS(=O)(=O)c2ccc(Br)cc2)c1. The van der Waals surface area contributed by atoms with Gasteiger partial charge in [-0.15, -0.1) is 0 Å². The van der Waals surface area contributed by atoms with E-state index in [1.165, 1.54) is 30.2 Å². The Hall–Kier alpha value is -2.39. The number of carbonyl (C=O) groups excluding carboxylic acids is 2. The number of methoxy groups -OCH3 is 1. The molecule has 0 heterocycles. The number of hydrogen-bond donors (Lipinski definition) is 1. The van der Waals surface area contributed by atoms with Crippen molar-refractivity contribution in [1.82, 2.24) is 4.90 Å². The third-order valence-electron chi connectivity index (χ3n) is 3.71.